The highest BCUT2D eigenvalue weighted by Crippen LogP contribution is 2.41. The summed E-state index contributed by atoms with van der Waals surface area (Å²) >= 11 is 0. The van der Waals surface area contributed by atoms with E-state index in [4.69, 9.17) is 4.74 Å². The summed E-state index contributed by atoms with van der Waals surface area (Å²) in [5, 5.41) is 3.44. The highest BCUT2D eigenvalue weighted by atomic mass is 16.6. The van der Waals surface area contributed by atoms with Crippen molar-refractivity contribution in [2.75, 3.05) is 39.3 Å². The average Bonchev–Trinajstić information content (AvgIpc) is 2.44. The fourth-order valence-corrected chi connectivity index (χ4v) is 4.07. The third kappa shape index (κ3) is 3.57. The molecule has 0 aromatic rings. The summed E-state index contributed by atoms with van der Waals surface area (Å²) in [6.07, 6.45) is 4.90. The van der Waals surface area contributed by atoms with E-state index in [-0.39, 0.29) is 6.09 Å². The molecule has 126 valence electrons. The molecule has 3 aliphatic rings. The predicted molar refractivity (Wildman–Crippen MR) is 86.9 cm³/mol. The molecule has 0 bridgehead atoms. The number of piperidine rings is 2. The molecule has 3 saturated heterocycles. The average molecular weight is 309 g/mol. The third-order valence-electron chi connectivity index (χ3n) is 5.39. The van der Waals surface area contributed by atoms with Gasteiger partial charge in [-0.25, -0.2) is 4.79 Å². The van der Waals surface area contributed by atoms with Gasteiger partial charge in [-0.15, -0.1) is 0 Å². The number of nitrogens with one attached hydrogen (secondary N) is 1. The number of likely N-dealkylation sites (tertiary alicyclic amines) is 2. The summed E-state index contributed by atoms with van der Waals surface area (Å²) < 4.78 is 5.46. The lowest BCUT2D eigenvalue weighted by Gasteiger charge is -2.54. The minimum absolute atomic E-state index is 0.140. The van der Waals surface area contributed by atoms with Crippen molar-refractivity contribution in [1.82, 2.24) is 15.1 Å². The summed E-state index contributed by atoms with van der Waals surface area (Å²) in [5.74, 6) is 0. The molecule has 0 aromatic heterocycles. The van der Waals surface area contributed by atoms with E-state index in [0.717, 1.165) is 19.1 Å². The first-order valence-corrected chi connectivity index (χ1v) is 8.80. The number of hydrogen-bond acceptors (Lipinski definition) is 4. The Morgan fingerprint density at radius 3 is 2.27 bits per heavy atom. The van der Waals surface area contributed by atoms with Gasteiger partial charge in [0.1, 0.15) is 5.60 Å². The van der Waals surface area contributed by atoms with Gasteiger partial charge in [0.2, 0.25) is 0 Å². The molecule has 0 unspecified atom stereocenters. The van der Waals surface area contributed by atoms with Crippen LogP contribution in [0.4, 0.5) is 4.79 Å². The quantitative estimate of drug-likeness (QED) is 0.805. The Kier molecular flexibility index (Phi) is 4.38. The maximum atomic E-state index is 12.1. The van der Waals surface area contributed by atoms with Crippen LogP contribution in [0, 0.1) is 5.41 Å². The zero-order valence-corrected chi connectivity index (χ0v) is 14.4. The van der Waals surface area contributed by atoms with Gasteiger partial charge in [0, 0.05) is 24.5 Å². The first-order chi connectivity index (χ1) is 10.4. The Bertz CT molecular complexity index is 397. The molecule has 0 atom stereocenters. The van der Waals surface area contributed by atoms with E-state index in [9.17, 15) is 4.79 Å². The molecule has 1 spiro atoms. The van der Waals surface area contributed by atoms with Crippen molar-refractivity contribution in [3.05, 3.63) is 0 Å². The topological polar surface area (TPSA) is 44.8 Å². The fourth-order valence-electron chi connectivity index (χ4n) is 4.07. The summed E-state index contributed by atoms with van der Waals surface area (Å²) in [7, 11) is 0. The maximum absolute atomic E-state index is 12.1. The van der Waals surface area contributed by atoms with Crippen molar-refractivity contribution in [2.45, 2.75) is 58.1 Å². The second-order valence-electron chi connectivity index (χ2n) is 8.35. The van der Waals surface area contributed by atoms with Crippen LogP contribution in [0.5, 0.6) is 0 Å². The van der Waals surface area contributed by atoms with E-state index < -0.39 is 5.60 Å². The lowest BCUT2D eigenvalue weighted by Crippen LogP contribution is -2.63. The SMILES string of the molecule is CC(C)(C)OC(=O)N1CC2(CCN(C3CCNCC3)CC2)C1. The molecular formula is C17H31N3O2. The smallest absolute Gasteiger partial charge is 0.410 e. The van der Waals surface area contributed by atoms with E-state index in [2.05, 4.69) is 10.2 Å². The van der Waals surface area contributed by atoms with Crippen LogP contribution in [0.15, 0.2) is 0 Å². The Morgan fingerprint density at radius 2 is 1.73 bits per heavy atom. The van der Waals surface area contributed by atoms with Gasteiger partial charge in [-0.2, -0.15) is 0 Å². The fraction of sp³-hybridized carbons (Fsp3) is 0.941. The van der Waals surface area contributed by atoms with Gasteiger partial charge in [-0.05, 0) is 72.6 Å². The van der Waals surface area contributed by atoms with E-state index in [0.29, 0.717) is 5.41 Å². The Labute approximate surface area is 134 Å². The van der Waals surface area contributed by atoms with Gasteiger partial charge >= 0.3 is 6.09 Å². The molecule has 1 N–H and O–H groups in total. The van der Waals surface area contributed by atoms with Gasteiger partial charge in [0.15, 0.2) is 0 Å². The second-order valence-corrected chi connectivity index (χ2v) is 8.35. The number of carbonyl (C=O) groups is 1. The lowest BCUT2D eigenvalue weighted by molar-refractivity contribution is -0.0651. The highest BCUT2D eigenvalue weighted by molar-refractivity contribution is 5.69. The molecule has 1 amide bonds. The Hall–Kier alpha value is -0.810. The van der Waals surface area contributed by atoms with Crippen LogP contribution in [0.2, 0.25) is 0 Å². The highest BCUT2D eigenvalue weighted by Gasteiger charge is 2.48. The summed E-state index contributed by atoms with van der Waals surface area (Å²) in [5.41, 5.74) is -0.0153. The largest absolute Gasteiger partial charge is 0.444 e. The molecule has 0 aliphatic carbocycles. The van der Waals surface area contributed by atoms with Crippen LogP contribution in [0.3, 0.4) is 0 Å². The number of rotatable bonds is 1. The maximum Gasteiger partial charge on any atom is 0.410 e. The van der Waals surface area contributed by atoms with Gasteiger partial charge in [-0.3, -0.25) is 0 Å². The first-order valence-electron chi connectivity index (χ1n) is 8.80. The van der Waals surface area contributed by atoms with Crippen molar-refractivity contribution in [2.24, 2.45) is 5.41 Å². The van der Waals surface area contributed by atoms with Crippen LogP contribution >= 0.6 is 0 Å². The molecule has 3 aliphatic heterocycles. The zero-order chi connectivity index (χ0) is 15.8. The Balaban J connectivity index is 1.44. The standard InChI is InChI=1S/C17H31N3O2/c1-16(2,3)22-15(21)20-12-17(13-20)6-10-19(11-7-17)14-4-8-18-9-5-14/h14,18H,4-13H2,1-3H3. The van der Waals surface area contributed by atoms with Crippen LogP contribution < -0.4 is 5.32 Å². The van der Waals surface area contributed by atoms with E-state index >= 15 is 0 Å². The van der Waals surface area contributed by atoms with Crippen LogP contribution in [0.25, 0.3) is 0 Å². The molecule has 5 nitrogen and oxygen atoms in total. The Morgan fingerprint density at radius 1 is 1.14 bits per heavy atom. The van der Waals surface area contributed by atoms with Crippen LogP contribution in [-0.2, 0) is 4.74 Å². The van der Waals surface area contributed by atoms with Gasteiger partial charge in [0.25, 0.3) is 0 Å². The van der Waals surface area contributed by atoms with E-state index in [1.807, 2.05) is 25.7 Å². The molecule has 22 heavy (non-hydrogen) atoms. The molecule has 3 heterocycles. The summed E-state index contributed by atoms with van der Waals surface area (Å²) in [4.78, 5) is 16.6. The van der Waals surface area contributed by atoms with Crippen molar-refractivity contribution < 1.29 is 9.53 Å². The van der Waals surface area contributed by atoms with Crippen LogP contribution in [0.1, 0.15) is 46.5 Å². The number of amides is 1. The van der Waals surface area contributed by atoms with E-state index in [1.54, 1.807) is 0 Å². The third-order valence-corrected chi connectivity index (χ3v) is 5.39. The molecule has 0 radical (unpaired) electrons. The molecular weight excluding hydrogens is 278 g/mol. The number of hydrogen-bond donors (Lipinski definition) is 1. The zero-order valence-electron chi connectivity index (χ0n) is 14.4. The second kappa shape index (κ2) is 6.00. The monoisotopic (exact) mass is 309 g/mol. The minimum atomic E-state index is -0.391. The molecule has 5 heteroatoms. The number of carbonyl (C=O) groups excluding carboxylic acids is 1. The van der Waals surface area contributed by atoms with E-state index in [1.165, 1.54) is 51.9 Å². The predicted octanol–water partition coefficient (Wildman–Crippen LogP) is 2.07. The van der Waals surface area contributed by atoms with Crippen LogP contribution in [-0.4, -0.2) is 66.8 Å². The molecule has 0 aromatic carbocycles. The van der Waals surface area contributed by atoms with Crippen molar-refractivity contribution in [3.8, 4) is 0 Å². The van der Waals surface area contributed by atoms with Crippen molar-refractivity contribution in [1.29, 1.82) is 0 Å². The van der Waals surface area contributed by atoms with Gasteiger partial charge in [0.05, 0.1) is 0 Å². The normalized spacial score (nSPS) is 26.8. The molecule has 3 fully saturated rings. The van der Waals surface area contributed by atoms with Gasteiger partial charge in [-0.1, -0.05) is 0 Å². The summed E-state index contributed by atoms with van der Waals surface area (Å²) in [6.45, 7) is 12.3. The molecule has 0 saturated carbocycles. The molecule has 3 rings (SSSR count). The lowest BCUT2D eigenvalue weighted by atomic mass is 9.72. The number of nitrogens with zero attached hydrogens (tertiary/aromatic N) is 2. The number of ether oxygens (including phenoxy) is 1. The summed E-state index contributed by atoms with van der Waals surface area (Å²) in [6, 6.07) is 0.778. The van der Waals surface area contributed by atoms with Crippen molar-refractivity contribution in [3.63, 3.8) is 0 Å². The minimum Gasteiger partial charge on any atom is -0.444 e. The first kappa shape index (κ1) is 16.1. The van der Waals surface area contributed by atoms with Gasteiger partial charge < -0.3 is 19.9 Å². The van der Waals surface area contributed by atoms with Crippen molar-refractivity contribution >= 4 is 6.09 Å².